The van der Waals surface area contributed by atoms with Gasteiger partial charge in [-0.25, -0.2) is 0 Å². The topological polar surface area (TPSA) is 85.4 Å². The van der Waals surface area contributed by atoms with Crippen LogP contribution in [0.5, 0.6) is 0 Å². The van der Waals surface area contributed by atoms with Gasteiger partial charge in [0.2, 0.25) is 0 Å². The molecule has 0 unspecified atom stereocenters. The summed E-state index contributed by atoms with van der Waals surface area (Å²) in [6, 6.07) is 7.59. The van der Waals surface area contributed by atoms with Crippen LogP contribution in [-0.2, 0) is 13.0 Å². The summed E-state index contributed by atoms with van der Waals surface area (Å²) in [5.74, 6) is 0.711. The van der Waals surface area contributed by atoms with Gasteiger partial charge in [0.25, 0.3) is 0 Å². The molecular weight excluding hydrogens is 216 g/mol. The van der Waals surface area contributed by atoms with E-state index >= 15 is 0 Å². The van der Waals surface area contributed by atoms with Crippen LogP contribution in [0.2, 0.25) is 0 Å². The van der Waals surface area contributed by atoms with E-state index in [-0.39, 0.29) is 6.61 Å². The highest BCUT2D eigenvalue weighted by molar-refractivity contribution is 5.75. The van der Waals surface area contributed by atoms with Crippen molar-refractivity contribution in [3.05, 3.63) is 41.7 Å². The van der Waals surface area contributed by atoms with E-state index < -0.39 is 0 Å². The largest absolute Gasteiger partial charge is 0.464 e. The second kappa shape index (κ2) is 5.03. The summed E-state index contributed by atoms with van der Waals surface area (Å²) in [4.78, 5) is 0. The quantitative estimate of drug-likeness (QED) is 0.698. The number of furan rings is 1. The zero-order valence-electron chi connectivity index (χ0n) is 9.52. The van der Waals surface area contributed by atoms with Gasteiger partial charge in [0.05, 0.1) is 6.26 Å². The highest BCUT2D eigenvalue weighted by Gasteiger charge is 2.10. The number of aliphatic hydroxyl groups excluding tert-OH is 1. The molecule has 0 saturated carbocycles. The summed E-state index contributed by atoms with van der Waals surface area (Å²) in [7, 11) is 0. The second-order valence-electron chi connectivity index (χ2n) is 3.88. The molecule has 4 heteroatoms. The Kier molecular flexibility index (Phi) is 3.46. The van der Waals surface area contributed by atoms with Crippen molar-refractivity contribution in [1.29, 1.82) is 0 Å². The van der Waals surface area contributed by atoms with Gasteiger partial charge in [-0.2, -0.15) is 0 Å². The van der Waals surface area contributed by atoms with Crippen molar-refractivity contribution in [2.75, 3.05) is 12.3 Å². The predicted molar refractivity (Wildman–Crippen MR) is 67.2 cm³/mol. The Morgan fingerprint density at radius 3 is 2.76 bits per heavy atom. The Labute approximate surface area is 99.9 Å². The predicted octanol–water partition coefficient (Wildman–Crippen LogP) is 1.52. The van der Waals surface area contributed by atoms with Crippen LogP contribution in [0, 0.1) is 0 Å². The average Bonchev–Trinajstić information content (AvgIpc) is 2.80. The molecular formula is C13H16N2O2. The van der Waals surface area contributed by atoms with E-state index in [9.17, 15) is 0 Å². The van der Waals surface area contributed by atoms with E-state index in [1.54, 1.807) is 6.26 Å². The monoisotopic (exact) mass is 232 g/mol. The summed E-state index contributed by atoms with van der Waals surface area (Å²) >= 11 is 0. The summed E-state index contributed by atoms with van der Waals surface area (Å²) in [5.41, 5.74) is 14.9. The van der Waals surface area contributed by atoms with E-state index in [1.165, 1.54) is 0 Å². The summed E-state index contributed by atoms with van der Waals surface area (Å²) < 4.78 is 5.43. The van der Waals surface area contributed by atoms with Gasteiger partial charge in [-0.15, -0.1) is 0 Å². The molecule has 0 radical (unpaired) electrons. The molecule has 90 valence electrons. The molecule has 1 aromatic heterocycles. The normalized spacial score (nSPS) is 10.7. The van der Waals surface area contributed by atoms with Gasteiger partial charge in [-0.1, -0.05) is 12.1 Å². The van der Waals surface area contributed by atoms with E-state index in [0.717, 1.165) is 16.7 Å². The molecule has 5 N–H and O–H groups in total. The average molecular weight is 232 g/mol. The number of nitrogens with two attached hydrogens (primary N) is 2. The molecule has 1 heterocycles. The van der Waals surface area contributed by atoms with Gasteiger partial charge in [0.15, 0.2) is 0 Å². The minimum atomic E-state index is 0.0832. The summed E-state index contributed by atoms with van der Waals surface area (Å²) in [6.07, 6.45) is 2.18. The van der Waals surface area contributed by atoms with Crippen LogP contribution in [0.1, 0.15) is 11.1 Å². The third-order valence-electron chi connectivity index (χ3n) is 2.73. The smallest absolute Gasteiger partial charge is 0.136 e. The Morgan fingerprint density at radius 2 is 2.12 bits per heavy atom. The van der Waals surface area contributed by atoms with Gasteiger partial charge in [0, 0.05) is 30.0 Å². The summed E-state index contributed by atoms with van der Waals surface area (Å²) in [6.45, 7) is 0.527. The van der Waals surface area contributed by atoms with Crippen LogP contribution in [0.15, 0.2) is 34.9 Å². The Morgan fingerprint density at radius 1 is 1.29 bits per heavy atom. The number of para-hydroxylation sites is 1. The van der Waals surface area contributed by atoms with Crippen LogP contribution < -0.4 is 11.5 Å². The Bertz CT molecular complexity index is 506. The van der Waals surface area contributed by atoms with E-state index in [2.05, 4.69) is 0 Å². The highest BCUT2D eigenvalue weighted by Crippen LogP contribution is 2.30. The molecule has 0 aliphatic carbocycles. The molecule has 0 aliphatic rings. The van der Waals surface area contributed by atoms with Crippen molar-refractivity contribution in [3.8, 4) is 11.3 Å². The number of benzene rings is 1. The molecule has 0 aliphatic heterocycles. The molecule has 2 aromatic rings. The van der Waals surface area contributed by atoms with Crippen LogP contribution in [0.25, 0.3) is 11.3 Å². The molecule has 0 amide bonds. The lowest BCUT2D eigenvalue weighted by molar-refractivity contribution is 0.300. The third kappa shape index (κ3) is 2.33. The van der Waals surface area contributed by atoms with Gasteiger partial charge < -0.3 is 21.0 Å². The Balaban J connectivity index is 2.41. The second-order valence-corrected chi connectivity index (χ2v) is 3.88. The lowest BCUT2D eigenvalue weighted by Crippen LogP contribution is -1.99. The number of hydrogen-bond acceptors (Lipinski definition) is 4. The highest BCUT2D eigenvalue weighted by atomic mass is 16.3. The number of anilines is 1. The van der Waals surface area contributed by atoms with Crippen molar-refractivity contribution in [2.24, 2.45) is 5.73 Å². The molecule has 4 nitrogen and oxygen atoms in total. The zero-order valence-corrected chi connectivity index (χ0v) is 9.52. The maximum Gasteiger partial charge on any atom is 0.136 e. The Hall–Kier alpha value is -1.78. The zero-order chi connectivity index (χ0) is 12.3. The molecule has 0 saturated heterocycles. The van der Waals surface area contributed by atoms with Gasteiger partial charge in [0.1, 0.15) is 5.76 Å². The molecule has 0 bridgehead atoms. The first-order valence-electron chi connectivity index (χ1n) is 5.52. The molecule has 0 atom stereocenters. The fourth-order valence-corrected chi connectivity index (χ4v) is 1.79. The third-order valence-corrected chi connectivity index (χ3v) is 2.73. The van der Waals surface area contributed by atoms with Gasteiger partial charge in [-0.3, -0.25) is 0 Å². The van der Waals surface area contributed by atoms with Crippen LogP contribution in [0.4, 0.5) is 5.69 Å². The van der Waals surface area contributed by atoms with Gasteiger partial charge >= 0.3 is 0 Å². The van der Waals surface area contributed by atoms with Crippen molar-refractivity contribution in [3.63, 3.8) is 0 Å². The van der Waals surface area contributed by atoms with Crippen molar-refractivity contribution >= 4 is 5.69 Å². The fourth-order valence-electron chi connectivity index (χ4n) is 1.79. The van der Waals surface area contributed by atoms with Crippen molar-refractivity contribution < 1.29 is 9.52 Å². The SMILES string of the molecule is NCc1coc(-c2cccc(CCO)c2N)c1. The first-order chi connectivity index (χ1) is 8.26. The standard InChI is InChI=1S/C13H16N2O2/c14-7-9-6-12(17-8-9)11-3-1-2-10(4-5-16)13(11)15/h1-3,6,8,16H,4-5,7,14-15H2. The lowest BCUT2D eigenvalue weighted by Gasteiger charge is -2.07. The van der Waals surface area contributed by atoms with E-state index in [0.29, 0.717) is 24.4 Å². The van der Waals surface area contributed by atoms with Crippen LogP contribution in [-0.4, -0.2) is 11.7 Å². The lowest BCUT2D eigenvalue weighted by atomic mass is 10.0. The molecule has 17 heavy (non-hydrogen) atoms. The summed E-state index contributed by atoms with van der Waals surface area (Å²) in [5, 5.41) is 8.95. The van der Waals surface area contributed by atoms with E-state index in [4.69, 9.17) is 21.0 Å². The van der Waals surface area contributed by atoms with Crippen molar-refractivity contribution in [1.82, 2.24) is 0 Å². The first kappa shape index (κ1) is 11.7. The minimum absolute atomic E-state index is 0.0832. The van der Waals surface area contributed by atoms with Crippen LogP contribution in [0.3, 0.4) is 0 Å². The van der Waals surface area contributed by atoms with E-state index in [1.807, 2.05) is 24.3 Å². The maximum atomic E-state index is 8.95. The fraction of sp³-hybridized carbons (Fsp3) is 0.231. The molecule has 0 spiro atoms. The number of hydrogen-bond donors (Lipinski definition) is 3. The van der Waals surface area contributed by atoms with Gasteiger partial charge in [-0.05, 0) is 24.1 Å². The minimum Gasteiger partial charge on any atom is -0.464 e. The number of nitrogen functional groups attached to an aromatic ring is 1. The molecule has 2 rings (SSSR count). The molecule has 0 fully saturated rings. The number of aliphatic hydroxyl groups is 1. The first-order valence-corrected chi connectivity index (χ1v) is 5.52. The number of rotatable bonds is 4. The maximum absolute atomic E-state index is 8.95. The molecule has 1 aromatic carbocycles. The van der Waals surface area contributed by atoms with Crippen molar-refractivity contribution in [2.45, 2.75) is 13.0 Å². The van der Waals surface area contributed by atoms with Crippen LogP contribution >= 0.6 is 0 Å².